The number of methoxy groups -OCH3 is 1. The Bertz CT molecular complexity index is 1040. The van der Waals surface area contributed by atoms with Gasteiger partial charge in [-0.15, -0.1) is 11.3 Å². The van der Waals surface area contributed by atoms with Crippen molar-refractivity contribution in [2.45, 2.75) is 38.0 Å². The zero-order valence-corrected chi connectivity index (χ0v) is 20.0. The Morgan fingerprint density at radius 3 is 2.45 bits per heavy atom. The van der Waals surface area contributed by atoms with E-state index in [0.717, 1.165) is 34.0 Å². The number of carbonyl (C=O) groups is 2. The van der Waals surface area contributed by atoms with Crippen LogP contribution >= 0.6 is 11.3 Å². The number of nitrogens with zero attached hydrogens (tertiary/aromatic N) is 1. The number of benzene rings is 1. The Hall–Kier alpha value is -2.43. The molecule has 0 atom stereocenters. The SMILES string of the molecule is CCCc1sc(C(=O)OCC(=O)Nc2cc(S(=O)(=O)N(C)C)ccc2OC)cc1CC. The molecule has 1 heterocycles. The van der Waals surface area contributed by atoms with Crippen LogP contribution in [0.25, 0.3) is 0 Å². The van der Waals surface area contributed by atoms with E-state index < -0.39 is 28.5 Å². The fourth-order valence-corrected chi connectivity index (χ4v) is 5.03. The van der Waals surface area contributed by atoms with Crippen LogP contribution in [-0.2, 0) is 32.4 Å². The number of aryl methyl sites for hydroxylation is 2. The summed E-state index contributed by atoms with van der Waals surface area (Å²) in [5.41, 5.74) is 1.29. The number of thiophene rings is 1. The Labute approximate surface area is 187 Å². The number of sulfonamides is 1. The summed E-state index contributed by atoms with van der Waals surface area (Å²) in [7, 11) is 0.544. The first-order chi connectivity index (χ1) is 14.6. The van der Waals surface area contributed by atoms with E-state index in [1.807, 2.05) is 13.0 Å². The minimum Gasteiger partial charge on any atom is -0.495 e. The van der Waals surface area contributed by atoms with Gasteiger partial charge in [0.25, 0.3) is 5.91 Å². The van der Waals surface area contributed by atoms with E-state index in [1.54, 1.807) is 0 Å². The largest absolute Gasteiger partial charge is 0.495 e. The van der Waals surface area contributed by atoms with Gasteiger partial charge in [0.1, 0.15) is 10.6 Å². The van der Waals surface area contributed by atoms with E-state index in [-0.39, 0.29) is 16.3 Å². The Morgan fingerprint density at radius 2 is 1.87 bits per heavy atom. The van der Waals surface area contributed by atoms with E-state index in [1.165, 1.54) is 50.7 Å². The number of carbonyl (C=O) groups excluding carboxylic acids is 2. The van der Waals surface area contributed by atoms with Gasteiger partial charge in [-0.1, -0.05) is 20.3 Å². The number of hydrogen-bond donors (Lipinski definition) is 1. The highest BCUT2D eigenvalue weighted by molar-refractivity contribution is 7.89. The number of anilines is 1. The summed E-state index contributed by atoms with van der Waals surface area (Å²) in [5, 5.41) is 2.55. The van der Waals surface area contributed by atoms with Gasteiger partial charge in [0.05, 0.1) is 17.7 Å². The maximum Gasteiger partial charge on any atom is 0.348 e. The molecule has 31 heavy (non-hydrogen) atoms. The van der Waals surface area contributed by atoms with Gasteiger partial charge in [0.2, 0.25) is 10.0 Å². The van der Waals surface area contributed by atoms with Crippen molar-refractivity contribution in [3.05, 3.63) is 39.6 Å². The highest BCUT2D eigenvalue weighted by atomic mass is 32.2. The van der Waals surface area contributed by atoms with Gasteiger partial charge in [0, 0.05) is 19.0 Å². The number of ether oxygens (including phenoxy) is 2. The molecule has 0 aliphatic heterocycles. The lowest BCUT2D eigenvalue weighted by Gasteiger charge is -2.15. The first kappa shape index (κ1) is 24.8. The first-order valence-electron chi connectivity index (χ1n) is 9.83. The molecule has 0 saturated heterocycles. The van der Waals surface area contributed by atoms with Crippen LogP contribution in [-0.4, -0.2) is 52.4 Å². The average Bonchev–Trinajstić information content (AvgIpc) is 3.15. The zero-order valence-electron chi connectivity index (χ0n) is 18.4. The minimum absolute atomic E-state index is 0.000251. The second kappa shape index (κ2) is 10.7. The normalized spacial score (nSPS) is 11.4. The summed E-state index contributed by atoms with van der Waals surface area (Å²) < 4.78 is 36.1. The van der Waals surface area contributed by atoms with Crippen molar-refractivity contribution in [2.75, 3.05) is 33.1 Å². The molecule has 10 heteroatoms. The molecule has 0 radical (unpaired) electrons. The molecule has 2 rings (SSSR count). The number of hydrogen-bond acceptors (Lipinski definition) is 7. The van der Waals surface area contributed by atoms with Crippen LogP contribution in [0.15, 0.2) is 29.2 Å². The standard InChI is InChI=1S/C21H28N2O6S2/c1-6-8-18-14(7-2)11-19(30-18)21(25)29-13-20(24)22-16-12-15(9-10-17(16)28-5)31(26,27)23(3)4/h9-12H,6-8,13H2,1-5H3,(H,22,24). The van der Waals surface area contributed by atoms with E-state index in [9.17, 15) is 18.0 Å². The summed E-state index contributed by atoms with van der Waals surface area (Å²) in [5.74, 6) is -0.882. The van der Waals surface area contributed by atoms with Crippen LogP contribution < -0.4 is 10.1 Å². The molecule has 1 aromatic heterocycles. The molecule has 0 bridgehead atoms. The predicted octanol–water partition coefficient (Wildman–Crippen LogP) is 3.32. The molecule has 0 fully saturated rings. The van der Waals surface area contributed by atoms with Crippen LogP contribution in [0.2, 0.25) is 0 Å². The van der Waals surface area contributed by atoms with Crippen LogP contribution in [0.5, 0.6) is 5.75 Å². The Morgan fingerprint density at radius 1 is 1.16 bits per heavy atom. The molecule has 2 aromatic rings. The fourth-order valence-electron chi connectivity index (χ4n) is 2.85. The molecule has 0 aliphatic carbocycles. The van der Waals surface area contributed by atoms with Crippen molar-refractivity contribution in [3.8, 4) is 5.75 Å². The van der Waals surface area contributed by atoms with Gasteiger partial charge < -0.3 is 14.8 Å². The maximum absolute atomic E-state index is 12.4. The number of amides is 1. The van der Waals surface area contributed by atoms with Crippen molar-refractivity contribution in [2.24, 2.45) is 0 Å². The number of esters is 1. The smallest absolute Gasteiger partial charge is 0.348 e. The molecule has 0 spiro atoms. The monoisotopic (exact) mass is 468 g/mol. The summed E-state index contributed by atoms with van der Waals surface area (Å²) in [6.45, 7) is 3.60. The third-order valence-electron chi connectivity index (χ3n) is 4.51. The van der Waals surface area contributed by atoms with Gasteiger partial charge in [-0.2, -0.15) is 0 Å². The van der Waals surface area contributed by atoms with E-state index >= 15 is 0 Å². The van der Waals surface area contributed by atoms with Gasteiger partial charge in [0.15, 0.2) is 6.61 Å². The van der Waals surface area contributed by atoms with Crippen molar-refractivity contribution in [1.29, 1.82) is 0 Å². The number of nitrogens with one attached hydrogen (secondary N) is 1. The van der Waals surface area contributed by atoms with E-state index in [0.29, 0.717) is 4.88 Å². The molecule has 8 nitrogen and oxygen atoms in total. The topological polar surface area (TPSA) is 102 Å². The predicted molar refractivity (Wildman–Crippen MR) is 120 cm³/mol. The lowest BCUT2D eigenvalue weighted by Crippen LogP contribution is -2.23. The molecule has 0 saturated carbocycles. The zero-order chi connectivity index (χ0) is 23.2. The van der Waals surface area contributed by atoms with Gasteiger partial charge in [-0.05, 0) is 42.7 Å². The summed E-state index contributed by atoms with van der Waals surface area (Å²) in [6.07, 6.45) is 2.70. The highest BCUT2D eigenvalue weighted by Gasteiger charge is 2.21. The van der Waals surface area contributed by atoms with E-state index in [2.05, 4.69) is 12.2 Å². The lowest BCUT2D eigenvalue weighted by molar-refractivity contribution is -0.119. The lowest BCUT2D eigenvalue weighted by atomic mass is 10.1. The highest BCUT2D eigenvalue weighted by Crippen LogP contribution is 2.29. The van der Waals surface area contributed by atoms with Crippen LogP contribution in [0.3, 0.4) is 0 Å². The van der Waals surface area contributed by atoms with E-state index in [4.69, 9.17) is 9.47 Å². The first-order valence-corrected chi connectivity index (χ1v) is 12.1. The molecule has 170 valence electrons. The number of rotatable bonds is 10. The third-order valence-corrected chi connectivity index (χ3v) is 7.54. The van der Waals surface area contributed by atoms with Crippen molar-refractivity contribution in [1.82, 2.24) is 4.31 Å². The summed E-state index contributed by atoms with van der Waals surface area (Å²) in [6, 6.07) is 5.96. The molecule has 1 aromatic carbocycles. The van der Waals surface area contributed by atoms with Gasteiger partial charge in [-0.3, -0.25) is 4.79 Å². The second-order valence-corrected chi connectivity index (χ2v) is 10.2. The third kappa shape index (κ3) is 6.05. The molecular weight excluding hydrogens is 440 g/mol. The molecule has 0 aliphatic rings. The quantitative estimate of drug-likeness (QED) is 0.537. The Balaban J connectivity index is 2.10. The molecule has 1 N–H and O–H groups in total. The van der Waals surface area contributed by atoms with Crippen LogP contribution in [0, 0.1) is 0 Å². The molecular formula is C21H28N2O6S2. The minimum atomic E-state index is -3.69. The van der Waals surface area contributed by atoms with Crippen molar-refractivity contribution >= 4 is 38.9 Å². The second-order valence-electron chi connectivity index (χ2n) is 6.94. The fraction of sp³-hybridized carbons (Fsp3) is 0.429. The Kier molecular flexibility index (Phi) is 8.60. The van der Waals surface area contributed by atoms with Crippen molar-refractivity contribution in [3.63, 3.8) is 0 Å². The summed E-state index contributed by atoms with van der Waals surface area (Å²) >= 11 is 1.39. The molecule has 1 amide bonds. The average molecular weight is 469 g/mol. The van der Waals surface area contributed by atoms with Crippen molar-refractivity contribution < 1.29 is 27.5 Å². The van der Waals surface area contributed by atoms with Crippen LogP contribution in [0.4, 0.5) is 5.69 Å². The molecule has 0 unspecified atom stereocenters. The van der Waals surface area contributed by atoms with Gasteiger partial charge >= 0.3 is 5.97 Å². The van der Waals surface area contributed by atoms with Crippen LogP contribution in [0.1, 0.15) is 40.4 Å². The summed E-state index contributed by atoms with van der Waals surface area (Å²) in [4.78, 5) is 26.3. The van der Waals surface area contributed by atoms with Gasteiger partial charge in [-0.25, -0.2) is 17.5 Å². The maximum atomic E-state index is 12.4.